The van der Waals surface area contributed by atoms with Crippen LogP contribution in [0.15, 0.2) is 0 Å². The normalized spacial score (nSPS) is 26.6. The summed E-state index contributed by atoms with van der Waals surface area (Å²) < 4.78 is 0. The van der Waals surface area contributed by atoms with Crippen molar-refractivity contribution in [2.75, 3.05) is 51.0 Å². The van der Waals surface area contributed by atoms with Gasteiger partial charge in [0.15, 0.2) is 0 Å². The molecule has 0 bridgehead atoms. The second-order valence-electron chi connectivity index (χ2n) is 4.77. The summed E-state index contributed by atoms with van der Waals surface area (Å²) >= 11 is 1.03. The Kier molecular flexibility index (Phi) is 10.8. The van der Waals surface area contributed by atoms with Gasteiger partial charge in [-0.1, -0.05) is 0 Å². The summed E-state index contributed by atoms with van der Waals surface area (Å²) in [4.78, 5) is 18.9. The van der Waals surface area contributed by atoms with Crippen molar-refractivity contribution >= 4 is 35.5 Å². The average molecular weight is 389 g/mol. The fourth-order valence-electron chi connectivity index (χ4n) is 1.52. The van der Waals surface area contributed by atoms with Gasteiger partial charge < -0.3 is 35.7 Å². The summed E-state index contributed by atoms with van der Waals surface area (Å²) in [6, 6.07) is 0. The third-order valence-corrected chi connectivity index (χ3v) is 6.01. The highest BCUT2D eigenvalue weighted by molar-refractivity contribution is 8.08. The molecular weight excluding hydrogens is 366 g/mol. The van der Waals surface area contributed by atoms with Gasteiger partial charge in [-0.25, -0.2) is 9.59 Å². The van der Waals surface area contributed by atoms with Crippen molar-refractivity contribution in [2.24, 2.45) is 0 Å². The number of hydrogen-bond donors (Lipinski definition) is 7. The van der Waals surface area contributed by atoms with E-state index in [1.54, 1.807) is 4.90 Å². The Morgan fingerprint density at radius 3 is 1.25 bits per heavy atom. The van der Waals surface area contributed by atoms with Crippen LogP contribution in [0.1, 0.15) is 0 Å². The van der Waals surface area contributed by atoms with E-state index in [1.165, 1.54) is 0 Å². The summed E-state index contributed by atoms with van der Waals surface area (Å²) in [5.41, 5.74) is 0. The number of rotatable bonds is 8. The molecule has 0 radical (unpaired) electrons. The molecule has 1 rings (SSSR count). The molecule has 1 saturated heterocycles. The maximum atomic E-state index is 10.5. The molecule has 1 aliphatic heterocycles. The van der Waals surface area contributed by atoms with Crippen LogP contribution in [0.25, 0.3) is 0 Å². The molecule has 0 spiro atoms. The number of aliphatic hydroxyl groups is 5. The molecule has 2 unspecified atom stereocenters. The minimum atomic E-state index is -2.01. The van der Waals surface area contributed by atoms with Crippen LogP contribution in [0.4, 0.5) is 0 Å². The lowest BCUT2D eigenvalue weighted by Gasteiger charge is -2.34. The molecule has 0 aromatic heterocycles. The molecule has 0 amide bonds. The Bertz CT molecular complexity index is 360. The molecule has 0 aromatic carbocycles. The van der Waals surface area contributed by atoms with Gasteiger partial charge in [0.2, 0.25) is 9.87 Å². The van der Waals surface area contributed by atoms with Crippen molar-refractivity contribution < 1.29 is 45.3 Å². The van der Waals surface area contributed by atoms with Gasteiger partial charge in [-0.15, -0.1) is 23.5 Å². The smallest absolute Gasteiger partial charge is 0.347 e. The molecule has 1 fully saturated rings. The van der Waals surface area contributed by atoms with E-state index in [-0.39, 0.29) is 31.3 Å². The number of carbonyl (C=O) groups is 2. The second kappa shape index (κ2) is 11.1. The Morgan fingerprint density at radius 2 is 1.08 bits per heavy atom. The molecule has 0 aromatic rings. The Balaban J connectivity index is 0.000000470. The number of thioether (sulfide) groups is 2. The van der Waals surface area contributed by atoms with Gasteiger partial charge in [-0.05, 0) is 0 Å². The largest absolute Gasteiger partial charge is 0.478 e. The number of nitrogens with zero attached hydrogens (tertiary/aromatic N) is 1. The molecule has 1 heterocycles. The fourth-order valence-corrected chi connectivity index (χ4v) is 3.91. The van der Waals surface area contributed by atoms with Crippen LogP contribution in [0.5, 0.6) is 0 Å². The van der Waals surface area contributed by atoms with Crippen LogP contribution in [0.3, 0.4) is 0 Å². The van der Waals surface area contributed by atoms with Crippen molar-refractivity contribution in [2.45, 2.75) is 9.87 Å². The summed E-state index contributed by atoms with van der Waals surface area (Å²) in [5.74, 6) is -3.59. The monoisotopic (exact) mass is 389 g/mol. The number of carboxylic acids is 2. The number of aliphatic carboxylic acids is 2. The number of hydrogen-bond acceptors (Lipinski definition) is 10. The molecule has 0 saturated carbocycles. The van der Waals surface area contributed by atoms with E-state index < -0.39 is 21.8 Å². The van der Waals surface area contributed by atoms with Crippen molar-refractivity contribution in [3.05, 3.63) is 0 Å². The topological polar surface area (TPSA) is 179 Å². The lowest BCUT2D eigenvalue weighted by atomic mass is 10.4. The highest BCUT2D eigenvalue weighted by Crippen LogP contribution is 2.42. The van der Waals surface area contributed by atoms with Crippen molar-refractivity contribution in [1.82, 2.24) is 4.90 Å². The standard InChI is InChI=1S/C6H15NO3.C6H8O6S2/c8-4-1-7(2-5-9)3-6-10;7-3(8)5(11)1-13-6(12,2-14-5)4(9)10/h8-10H,1-6H2;11-12H,1-2H2,(H,7,8)(H,9,10). The van der Waals surface area contributed by atoms with Gasteiger partial charge in [-0.3, -0.25) is 4.90 Å². The summed E-state index contributed by atoms with van der Waals surface area (Å²) in [6.07, 6.45) is 0. The Hall–Kier alpha value is -0.600. The predicted octanol–water partition coefficient (Wildman–Crippen LogP) is -2.72. The number of aliphatic hydroxyl groups excluding tert-OH is 3. The van der Waals surface area contributed by atoms with E-state index in [9.17, 15) is 19.8 Å². The molecule has 0 aliphatic carbocycles. The molecule has 7 N–H and O–H groups in total. The molecular formula is C12H23NO9S2. The zero-order valence-electron chi connectivity index (χ0n) is 12.9. The third-order valence-electron chi connectivity index (χ3n) is 2.93. The molecule has 1 aliphatic rings. The first kappa shape index (κ1) is 23.4. The first-order chi connectivity index (χ1) is 11.1. The first-order valence-electron chi connectivity index (χ1n) is 6.89. The van der Waals surface area contributed by atoms with Crippen molar-refractivity contribution in [3.63, 3.8) is 0 Å². The zero-order valence-corrected chi connectivity index (χ0v) is 14.5. The molecule has 12 heteroatoms. The van der Waals surface area contributed by atoms with E-state index in [4.69, 9.17) is 25.5 Å². The van der Waals surface area contributed by atoms with Gasteiger partial charge >= 0.3 is 11.9 Å². The van der Waals surface area contributed by atoms with E-state index >= 15 is 0 Å². The summed E-state index contributed by atoms with van der Waals surface area (Å²) in [6.45, 7) is 1.75. The van der Waals surface area contributed by atoms with E-state index in [1.807, 2.05) is 0 Å². The molecule has 2 atom stereocenters. The van der Waals surface area contributed by atoms with Crippen LogP contribution in [0.2, 0.25) is 0 Å². The van der Waals surface area contributed by atoms with Crippen molar-refractivity contribution in [3.8, 4) is 0 Å². The van der Waals surface area contributed by atoms with Gasteiger partial charge in [0.05, 0.1) is 19.8 Å². The summed E-state index contributed by atoms with van der Waals surface area (Å²) in [7, 11) is 0. The van der Waals surface area contributed by atoms with Crippen molar-refractivity contribution in [1.29, 1.82) is 0 Å². The molecule has 24 heavy (non-hydrogen) atoms. The highest BCUT2D eigenvalue weighted by atomic mass is 32.2. The molecule has 10 nitrogen and oxygen atoms in total. The average Bonchev–Trinajstić information content (AvgIpc) is 2.52. The van der Waals surface area contributed by atoms with Crippen LogP contribution in [-0.4, -0.2) is 113 Å². The lowest BCUT2D eigenvalue weighted by Crippen LogP contribution is -2.50. The maximum Gasteiger partial charge on any atom is 0.347 e. The van der Waals surface area contributed by atoms with E-state index in [0.717, 1.165) is 0 Å². The third kappa shape index (κ3) is 7.53. The fraction of sp³-hybridized carbons (Fsp3) is 0.833. The van der Waals surface area contributed by atoms with Crippen LogP contribution in [-0.2, 0) is 9.59 Å². The number of carboxylic acid groups (broad SMARTS) is 2. The van der Waals surface area contributed by atoms with Gasteiger partial charge in [0, 0.05) is 31.1 Å². The highest BCUT2D eigenvalue weighted by Gasteiger charge is 2.50. The Morgan fingerprint density at radius 1 is 0.792 bits per heavy atom. The minimum absolute atomic E-state index is 0.0694. The van der Waals surface area contributed by atoms with Gasteiger partial charge in [0.25, 0.3) is 0 Å². The Labute approximate surface area is 147 Å². The first-order valence-corrected chi connectivity index (χ1v) is 8.86. The van der Waals surface area contributed by atoms with Crippen LogP contribution >= 0.6 is 23.5 Å². The zero-order chi connectivity index (χ0) is 18.8. The van der Waals surface area contributed by atoms with E-state index in [0.29, 0.717) is 43.2 Å². The second-order valence-corrected chi connectivity index (χ2v) is 7.27. The molecule has 142 valence electrons. The van der Waals surface area contributed by atoms with E-state index in [2.05, 4.69) is 0 Å². The SMILES string of the molecule is O=C(O)C1(O)CSC(O)(C(=O)O)CS1.OCCN(CCO)CCO. The van der Waals surface area contributed by atoms with Crippen LogP contribution < -0.4 is 0 Å². The lowest BCUT2D eigenvalue weighted by molar-refractivity contribution is -0.150. The minimum Gasteiger partial charge on any atom is -0.478 e. The maximum absolute atomic E-state index is 10.5. The van der Waals surface area contributed by atoms with Crippen LogP contribution in [0, 0.1) is 0 Å². The van der Waals surface area contributed by atoms with Gasteiger partial charge in [-0.2, -0.15) is 0 Å². The predicted molar refractivity (Wildman–Crippen MR) is 87.8 cm³/mol. The summed E-state index contributed by atoms with van der Waals surface area (Å²) in [5, 5.41) is 61.4. The quantitative estimate of drug-likeness (QED) is 0.228. The van der Waals surface area contributed by atoms with Gasteiger partial charge in [0.1, 0.15) is 0 Å².